The Morgan fingerprint density at radius 2 is 1.23 bits per heavy atom. The van der Waals surface area contributed by atoms with Crippen molar-refractivity contribution in [3.63, 3.8) is 0 Å². The van der Waals surface area contributed by atoms with Crippen LogP contribution in [-0.2, 0) is 61.0 Å². The summed E-state index contributed by atoms with van der Waals surface area (Å²) < 4.78 is 17.9. The van der Waals surface area contributed by atoms with Crippen LogP contribution in [0.1, 0.15) is 107 Å². The Morgan fingerprint density at radius 1 is 0.714 bits per heavy atom. The number of amides is 6. The highest BCUT2D eigenvalue weighted by atomic mass is 16.5. The molecule has 0 spiro atoms. The molecule has 0 saturated carbocycles. The molecule has 2 aromatic carbocycles. The van der Waals surface area contributed by atoms with Gasteiger partial charge < -0.3 is 44.9 Å². The van der Waals surface area contributed by atoms with Crippen molar-refractivity contribution in [2.24, 2.45) is 23.7 Å². The quantitative estimate of drug-likeness (QED) is 0.110. The topological polar surface area (TPSA) is 196 Å². The summed E-state index contributed by atoms with van der Waals surface area (Å²) >= 11 is 0. The van der Waals surface area contributed by atoms with Crippen LogP contribution in [0.15, 0.2) is 60.7 Å². The molecule has 0 aromatic heterocycles. The van der Waals surface area contributed by atoms with E-state index in [-0.39, 0.29) is 56.1 Å². The standard InChI is InChI=1S/C53H83N7O10/c1-16-40(55-49(64)45-46(70-53(10,11)60(45)15)36(8)30-68-31-38-23-19-17-20-24-38)50(65)57(12)29-43(61)58(13)41(27-33(2)3)48(63)56-44(35(6)7)51(66)59(14)42(28-34(4)5)47(62)54-37(9)52(67)69-32-39-25-21-18-22-26-39/h17-26,33-37,40-42,44-46H,16,27-32H2,1-15H3,(H,54,62)(H,55,64)(H,56,63)/t36-,37+,40+,41+,42+,44+,45+,46-/m1/s1. The minimum Gasteiger partial charge on any atom is -0.459 e. The van der Waals surface area contributed by atoms with E-state index in [9.17, 15) is 33.6 Å². The monoisotopic (exact) mass is 978 g/mol. The average Bonchev–Trinajstić information content (AvgIpc) is 3.56. The van der Waals surface area contributed by atoms with Crippen LogP contribution in [0.4, 0.5) is 0 Å². The molecule has 17 heteroatoms. The van der Waals surface area contributed by atoms with Gasteiger partial charge in [0.25, 0.3) is 0 Å². The molecule has 8 atom stereocenters. The molecular weight excluding hydrogens is 895 g/mol. The number of benzene rings is 2. The first-order valence-corrected chi connectivity index (χ1v) is 24.7. The molecule has 0 aliphatic carbocycles. The second kappa shape index (κ2) is 27.3. The van der Waals surface area contributed by atoms with Crippen molar-refractivity contribution >= 4 is 41.4 Å². The van der Waals surface area contributed by atoms with Crippen LogP contribution in [0, 0.1) is 23.7 Å². The van der Waals surface area contributed by atoms with Crippen molar-refractivity contribution in [2.45, 2.75) is 157 Å². The van der Waals surface area contributed by atoms with Gasteiger partial charge in [-0.3, -0.25) is 33.7 Å². The van der Waals surface area contributed by atoms with Crippen LogP contribution in [0.2, 0.25) is 0 Å². The van der Waals surface area contributed by atoms with Crippen LogP contribution in [-0.4, -0.2) is 150 Å². The highest BCUT2D eigenvalue weighted by Gasteiger charge is 2.51. The first-order valence-electron chi connectivity index (χ1n) is 24.7. The summed E-state index contributed by atoms with van der Waals surface area (Å²) in [5.41, 5.74) is 1.05. The van der Waals surface area contributed by atoms with E-state index in [4.69, 9.17) is 14.2 Å². The molecular formula is C53H83N7O10. The summed E-state index contributed by atoms with van der Waals surface area (Å²) in [4.78, 5) is 103. The average molecular weight is 978 g/mol. The fourth-order valence-electron chi connectivity index (χ4n) is 8.38. The lowest BCUT2D eigenvalue weighted by Crippen LogP contribution is -2.60. The number of esters is 1. The minimum absolute atomic E-state index is 0.0179. The summed E-state index contributed by atoms with van der Waals surface area (Å²) in [6.45, 7) is 20.6. The molecule has 0 radical (unpaired) electrons. The molecule has 1 fully saturated rings. The van der Waals surface area contributed by atoms with Crippen molar-refractivity contribution in [3.8, 4) is 0 Å². The molecule has 17 nitrogen and oxygen atoms in total. The van der Waals surface area contributed by atoms with Gasteiger partial charge in [-0.25, -0.2) is 4.79 Å². The Bertz CT molecular complexity index is 2030. The lowest BCUT2D eigenvalue weighted by molar-refractivity contribution is -0.150. The predicted octanol–water partition coefficient (Wildman–Crippen LogP) is 4.76. The number of carbonyl (C=O) groups excluding carboxylic acids is 7. The highest BCUT2D eigenvalue weighted by molar-refractivity contribution is 5.96. The third-order valence-corrected chi connectivity index (χ3v) is 12.9. The van der Waals surface area contributed by atoms with Gasteiger partial charge in [0.2, 0.25) is 35.4 Å². The highest BCUT2D eigenvalue weighted by Crippen LogP contribution is 2.34. The summed E-state index contributed by atoms with van der Waals surface area (Å²) in [7, 11) is 6.27. The number of rotatable bonds is 26. The minimum atomic E-state index is -1.08. The number of likely N-dealkylation sites (N-methyl/N-ethyl adjacent to an activating group) is 4. The fraction of sp³-hybridized carbons (Fsp3) is 0.642. The Labute approximate surface area is 417 Å². The largest absolute Gasteiger partial charge is 0.459 e. The Morgan fingerprint density at radius 3 is 1.74 bits per heavy atom. The fourth-order valence-corrected chi connectivity index (χ4v) is 8.38. The lowest BCUT2D eigenvalue weighted by atomic mass is 9.97. The van der Waals surface area contributed by atoms with Gasteiger partial charge in [-0.05, 0) is 76.0 Å². The second-order valence-corrected chi connectivity index (χ2v) is 20.5. The van der Waals surface area contributed by atoms with Crippen molar-refractivity contribution in [1.29, 1.82) is 0 Å². The van der Waals surface area contributed by atoms with Crippen LogP contribution in [0.5, 0.6) is 0 Å². The van der Waals surface area contributed by atoms with E-state index in [0.29, 0.717) is 13.2 Å². The van der Waals surface area contributed by atoms with Gasteiger partial charge in [-0.1, -0.05) is 116 Å². The number of ether oxygens (including phenoxy) is 3. The van der Waals surface area contributed by atoms with Gasteiger partial charge in [0, 0.05) is 27.1 Å². The van der Waals surface area contributed by atoms with Gasteiger partial charge in [0.1, 0.15) is 48.6 Å². The van der Waals surface area contributed by atoms with E-state index >= 15 is 0 Å². The SMILES string of the molecule is CC[C@H](NC(=O)[C@@H]1[C@@H]([C@H](C)COCc2ccccc2)OC(C)(C)N1C)C(=O)N(C)CC(=O)N(C)[C@@H](CC(C)C)C(=O)N[C@H](C(=O)N(C)[C@@H](CC(C)C)C(=O)N[C@@H](C)C(=O)OCc1ccccc1)C(C)C. The normalized spacial score (nSPS) is 18.3. The molecule has 3 N–H and O–H groups in total. The third kappa shape index (κ3) is 16.9. The lowest BCUT2D eigenvalue weighted by Gasteiger charge is -2.35. The molecule has 6 amide bonds. The summed E-state index contributed by atoms with van der Waals surface area (Å²) in [6, 6.07) is 13.2. The van der Waals surface area contributed by atoms with Crippen LogP contribution < -0.4 is 16.0 Å². The molecule has 2 aromatic rings. The molecule has 1 saturated heterocycles. The molecule has 1 aliphatic rings. The number of hydrogen-bond acceptors (Lipinski definition) is 11. The number of carbonyl (C=O) groups is 7. The van der Waals surface area contributed by atoms with Gasteiger partial charge in [0.15, 0.2) is 0 Å². The molecule has 0 unspecified atom stereocenters. The first-order chi connectivity index (χ1) is 32.8. The summed E-state index contributed by atoms with van der Waals surface area (Å²) in [5, 5.41) is 8.53. The number of nitrogens with one attached hydrogen (secondary N) is 3. The second-order valence-electron chi connectivity index (χ2n) is 20.5. The van der Waals surface area contributed by atoms with E-state index in [2.05, 4.69) is 16.0 Å². The molecule has 0 bridgehead atoms. The third-order valence-electron chi connectivity index (χ3n) is 12.9. The molecule has 1 heterocycles. The number of hydrogen-bond donors (Lipinski definition) is 3. The molecule has 390 valence electrons. The Kier molecular flexibility index (Phi) is 23.0. The van der Waals surface area contributed by atoms with Gasteiger partial charge >= 0.3 is 5.97 Å². The van der Waals surface area contributed by atoms with E-state index in [1.165, 1.54) is 42.8 Å². The maximum atomic E-state index is 14.3. The molecule has 1 aliphatic heterocycles. The van der Waals surface area contributed by atoms with E-state index in [1.54, 1.807) is 20.8 Å². The van der Waals surface area contributed by atoms with E-state index < -0.39 is 89.5 Å². The van der Waals surface area contributed by atoms with Gasteiger partial charge in [-0.2, -0.15) is 0 Å². The van der Waals surface area contributed by atoms with Crippen molar-refractivity contribution in [1.82, 2.24) is 35.6 Å². The smallest absolute Gasteiger partial charge is 0.328 e. The van der Waals surface area contributed by atoms with Crippen molar-refractivity contribution in [2.75, 3.05) is 41.3 Å². The summed E-state index contributed by atoms with van der Waals surface area (Å²) in [6.07, 6.45) is 0.228. The van der Waals surface area contributed by atoms with E-state index in [1.807, 2.05) is 121 Å². The number of nitrogens with zero attached hydrogens (tertiary/aromatic N) is 4. The van der Waals surface area contributed by atoms with E-state index in [0.717, 1.165) is 11.1 Å². The zero-order valence-corrected chi connectivity index (χ0v) is 44.4. The van der Waals surface area contributed by atoms with Crippen LogP contribution in [0.3, 0.4) is 0 Å². The molecule has 70 heavy (non-hydrogen) atoms. The molecule has 3 rings (SSSR count). The van der Waals surface area contributed by atoms with Crippen molar-refractivity contribution in [3.05, 3.63) is 71.8 Å². The van der Waals surface area contributed by atoms with Gasteiger partial charge in [0.05, 0.1) is 25.9 Å². The zero-order chi connectivity index (χ0) is 52.6. The first kappa shape index (κ1) is 58.9. The maximum Gasteiger partial charge on any atom is 0.328 e. The van der Waals surface area contributed by atoms with Crippen LogP contribution >= 0.6 is 0 Å². The van der Waals surface area contributed by atoms with Crippen LogP contribution in [0.25, 0.3) is 0 Å². The zero-order valence-electron chi connectivity index (χ0n) is 44.4. The van der Waals surface area contributed by atoms with Crippen molar-refractivity contribution < 1.29 is 47.8 Å². The predicted molar refractivity (Wildman–Crippen MR) is 268 cm³/mol. The maximum absolute atomic E-state index is 14.3. The van der Waals surface area contributed by atoms with Gasteiger partial charge in [-0.15, -0.1) is 0 Å². The summed E-state index contributed by atoms with van der Waals surface area (Å²) in [5.74, 6) is -4.32. The Balaban J connectivity index is 1.70. The Hall–Kier alpha value is -5.39.